The molecule has 1 aliphatic rings. The van der Waals surface area contributed by atoms with Crippen LogP contribution in [0.25, 0.3) is 0 Å². The van der Waals surface area contributed by atoms with Crippen molar-refractivity contribution in [3.8, 4) is 17.2 Å². The lowest BCUT2D eigenvalue weighted by atomic mass is 10.1. The van der Waals surface area contributed by atoms with Crippen LogP contribution in [0.2, 0.25) is 0 Å². The number of aromatic hydroxyl groups is 1. The summed E-state index contributed by atoms with van der Waals surface area (Å²) < 4.78 is 11.0. The fourth-order valence-electron chi connectivity index (χ4n) is 3.62. The molecule has 28 heavy (non-hydrogen) atoms. The Hall–Kier alpha value is -2.25. The van der Waals surface area contributed by atoms with Gasteiger partial charge in [-0.1, -0.05) is 30.3 Å². The number of halogens is 1. The molecule has 0 spiro atoms. The van der Waals surface area contributed by atoms with E-state index < -0.39 is 0 Å². The van der Waals surface area contributed by atoms with E-state index in [1.165, 1.54) is 19.8 Å². The highest BCUT2D eigenvalue weighted by molar-refractivity contribution is 9.10. The Morgan fingerprint density at radius 1 is 1.29 bits per heavy atom. The Bertz CT molecular complexity index is 829. The van der Waals surface area contributed by atoms with Gasteiger partial charge in [0.15, 0.2) is 11.5 Å². The van der Waals surface area contributed by atoms with E-state index in [9.17, 15) is 9.90 Å². The van der Waals surface area contributed by atoms with Crippen LogP contribution >= 0.6 is 15.9 Å². The van der Waals surface area contributed by atoms with Crippen molar-refractivity contribution in [1.82, 2.24) is 10.2 Å². The lowest BCUT2D eigenvalue weighted by Gasteiger charge is -2.25. The SMILES string of the molecule is COc1cc(Br)c(O)c(C(=O)NCC2CCCN2Cc2ccccc2)c1OC. The summed E-state index contributed by atoms with van der Waals surface area (Å²) in [5, 5.41) is 13.3. The van der Waals surface area contributed by atoms with Gasteiger partial charge >= 0.3 is 0 Å². The molecular formula is C21H25BrN2O4. The standard InChI is InChI=1S/C21H25BrN2O4/c1-27-17-11-16(22)19(25)18(20(17)28-2)21(26)23-12-15-9-6-10-24(15)13-14-7-4-3-5-8-14/h3-5,7-8,11,15,25H,6,9-10,12-13H2,1-2H3,(H,23,26). The molecule has 6 nitrogen and oxygen atoms in total. The molecule has 2 N–H and O–H groups in total. The van der Waals surface area contributed by atoms with Gasteiger partial charge in [0.2, 0.25) is 0 Å². The van der Waals surface area contributed by atoms with E-state index >= 15 is 0 Å². The summed E-state index contributed by atoms with van der Waals surface area (Å²) in [4.78, 5) is 15.2. The number of hydrogen-bond acceptors (Lipinski definition) is 5. The molecule has 3 rings (SSSR count). The van der Waals surface area contributed by atoms with E-state index in [1.807, 2.05) is 18.2 Å². The van der Waals surface area contributed by atoms with Crippen molar-refractivity contribution in [2.75, 3.05) is 27.3 Å². The van der Waals surface area contributed by atoms with Gasteiger partial charge in [0, 0.05) is 25.2 Å². The maximum absolute atomic E-state index is 12.8. The average molecular weight is 449 g/mol. The number of nitrogens with zero attached hydrogens (tertiary/aromatic N) is 1. The molecule has 0 bridgehead atoms. The summed E-state index contributed by atoms with van der Waals surface area (Å²) >= 11 is 3.26. The third-order valence-electron chi connectivity index (χ3n) is 5.05. The van der Waals surface area contributed by atoms with Crippen molar-refractivity contribution < 1.29 is 19.4 Å². The number of methoxy groups -OCH3 is 2. The highest BCUT2D eigenvalue weighted by atomic mass is 79.9. The number of phenols is 1. The Morgan fingerprint density at radius 3 is 2.71 bits per heavy atom. The molecule has 1 fully saturated rings. The van der Waals surface area contributed by atoms with Gasteiger partial charge in [-0.2, -0.15) is 0 Å². The number of likely N-dealkylation sites (tertiary alicyclic amines) is 1. The van der Waals surface area contributed by atoms with Crippen molar-refractivity contribution >= 4 is 21.8 Å². The predicted molar refractivity (Wildman–Crippen MR) is 111 cm³/mol. The van der Waals surface area contributed by atoms with E-state index in [1.54, 1.807) is 6.07 Å². The number of phenolic OH excluding ortho intramolecular Hbond substituents is 1. The molecule has 0 aromatic heterocycles. The van der Waals surface area contributed by atoms with Crippen molar-refractivity contribution in [3.63, 3.8) is 0 Å². The fraction of sp³-hybridized carbons (Fsp3) is 0.381. The fourth-order valence-corrected chi connectivity index (χ4v) is 4.02. The summed E-state index contributed by atoms with van der Waals surface area (Å²) in [6.07, 6.45) is 2.13. The first-order valence-electron chi connectivity index (χ1n) is 9.24. The van der Waals surface area contributed by atoms with Crippen LogP contribution in [-0.2, 0) is 6.54 Å². The van der Waals surface area contributed by atoms with Crippen molar-refractivity contribution in [2.24, 2.45) is 0 Å². The summed E-state index contributed by atoms with van der Waals surface area (Å²) in [6.45, 7) is 2.37. The molecule has 1 aliphatic heterocycles. The lowest BCUT2D eigenvalue weighted by molar-refractivity contribution is 0.0933. The normalized spacial score (nSPS) is 16.8. The van der Waals surface area contributed by atoms with Gasteiger partial charge in [-0.05, 0) is 40.9 Å². The molecule has 1 unspecified atom stereocenters. The first kappa shape index (κ1) is 20.5. The minimum absolute atomic E-state index is 0.0707. The predicted octanol–water partition coefficient (Wildman–Crippen LogP) is 3.57. The number of nitrogens with one attached hydrogen (secondary N) is 1. The molecule has 0 radical (unpaired) electrons. The van der Waals surface area contributed by atoms with Crippen molar-refractivity contribution in [2.45, 2.75) is 25.4 Å². The first-order valence-corrected chi connectivity index (χ1v) is 10.0. The smallest absolute Gasteiger partial charge is 0.259 e. The Balaban J connectivity index is 1.71. The van der Waals surface area contributed by atoms with Crippen LogP contribution in [-0.4, -0.2) is 49.3 Å². The van der Waals surface area contributed by atoms with E-state index in [2.05, 4.69) is 38.3 Å². The van der Waals surface area contributed by atoms with Crippen LogP contribution < -0.4 is 14.8 Å². The summed E-state index contributed by atoms with van der Waals surface area (Å²) in [6, 6.07) is 12.2. The van der Waals surface area contributed by atoms with E-state index in [-0.39, 0.29) is 29.0 Å². The number of ether oxygens (including phenoxy) is 2. The number of rotatable bonds is 7. The van der Waals surface area contributed by atoms with Gasteiger partial charge in [0.25, 0.3) is 5.91 Å². The summed E-state index contributed by atoms with van der Waals surface area (Å²) in [7, 11) is 2.93. The molecule has 2 aromatic carbocycles. The van der Waals surface area contributed by atoms with Gasteiger partial charge in [0.05, 0.1) is 18.7 Å². The number of benzene rings is 2. The summed E-state index contributed by atoms with van der Waals surface area (Å²) in [5.41, 5.74) is 1.33. The Morgan fingerprint density at radius 2 is 2.04 bits per heavy atom. The van der Waals surface area contributed by atoms with Crippen LogP contribution in [0, 0.1) is 0 Å². The Kier molecular flexibility index (Phi) is 6.80. The maximum atomic E-state index is 12.8. The highest BCUT2D eigenvalue weighted by Crippen LogP contribution is 2.42. The molecule has 2 aromatic rings. The van der Waals surface area contributed by atoms with Crippen LogP contribution in [0.3, 0.4) is 0 Å². The monoisotopic (exact) mass is 448 g/mol. The molecule has 0 saturated carbocycles. The van der Waals surface area contributed by atoms with Gasteiger partial charge in [-0.3, -0.25) is 9.69 Å². The highest BCUT2D eigenvalue weighted by Gasteiger charge is 2.28. The lowest BCUT2D eigenvalue weighted by Crippen LogP contribution is -2.40. The molecule has 1 saturated heterocycles. The number of carbonyl (C=O) groups is 1. The van der Waals surface area contributed by atoms with Gasteiger partial charge in [-0.25, -0.2) is 0 Å². The van der Waals surface area contributed by atoms with Crippen molar-refractivity contribution in [1.29, 1.82) is 0 Å². The largest absolute Gasteiger partial charge is 0.506 e. The van der Waals surface area contributed by atoms with Crippen LogP contribution in [0.1, 0.15) is 28.8 Å². The minimum atomic E-state index is -0.388. The number of carbonyl (C=O) groups excluding carboxylic acids is 1. The molecule has 150 valence electrons. The maximum Gasteiger partial charge on any atom is 0.259 e. The zero-order chi connectivity index (χ0) is 20.1. The zero-order valence-electron chi connectivity index (χ0n) is 16.1. The second kappa shape index (κ2) is 9.30. The van der Waals surface area contributed by atoms with E-state index in [0.717, 1.165) is 25.9 Å². The van der Waals surface area contributed by atoms with Gasteiger partial charge < -0.3 is 19.9 Å². The molecule has 1 heterocycles. The first-order chi connectivity index (χ1) is 13.5. The number of hydrogen-bond donors (Lipinski definition) is 2. The van der Waals surface area contributed by atoms with Gasteiger partial charge in [0.1, 0.15) is 11.3 Å². The Labute approximate surface area is 173 Å². The molecule has 1 atom stereocenters. The van der Waals surface area contributed by atoms with Crippen LogP contribution in [0.5, 0.6) is 17.2 Å². The average Bonchev–Trinajstić information content (AvgIpc) is 3.15. The minimum Gasteiger partial charge on any atom is -0.506 e. The van der Waals surface area contributed by atoms with Crippen LogP contribution in [0.4, 0.5) is 0 Å². The van der Waals surface area contributed by atoms with Crippen LogP contribution in [0.15, 0.2) is 40.9 Å². The third kappa shape index (κ3) is 4.42. The van der Waals surface area contributed by atoms with Gasteiger partial charge in [-0.15, -0.1) is 0 Å². The third-order valence-corrected chi connectivity index (χ3v) is 5.65. The molecule has 1 amide bonds. The molecule has 0 aliphatic carbocycles. The quantitative estimate of drug-likeness (QED) is 0.677. The zero-order valence-corrected chi connectivity index (χ0v) is 17.7. The second-order valence-electron chi connectivity index (χ2n) is 6.78. The topological polar surface area (TPSA) is 71.0 Å². The molecular weight excluding hydrogens is 424 g/mol. The summed E-state index contributed by atoms with van der Waals surface area (Å²) in [5.74, 6) is 0.0420. The van der Waals surface area contributed by atoms with Crippen molar-refractivity contribution in [3.05, 3.63) is 52.0 Å². The second-order valence-corrected chi connectivity index (χ2v) is 7.63. The number of amides is 1. The van der Waals surface area contributed by atoms with E-state index in [4.69, 9.17) is 9.47 Å². The van der Waals surface area contributed by atoms with E-state index in [0.29, 0.717) is 16.8 Å². The molecule has 7 heteroatoms.